The van der Waals surface area contributed by atoms with Crippen molar-refractivity contribution in [3.63, 3.8) is 0 Å². The molecule has 0 unspecified atom stereocenters. The normalized spacial score (nSPS) is 21.6. The molecule has 218 valence electrons. The van der Waals surface area contributed by atoms with Crippen LogP contribution in [0.15, 0.2) is 42.5 Å². The van der Waals surface area contributed by atoms with Crippen LogP contribution in [0, 0.1) is 0 Å². The molecule has 1 fully saturated rings. The number of carbonyl (C=O) groups excluding carboxylic acids is 2. The first-order valence-electron chi connectivity index (χ1n) is 13.2. The molecule has 4 rings (SSSR count). The van der Waals surface area contributed by atoms with E-state index in [4.69, 9.17) is 25.8 Å². The van der Waals surface area contributed by atoms with Crippen LogP contribution < -0.4 is 0 Å². The maximum atomic E-state index is 13.8. The molecule has 2 aliphatic heterocycles. The van der Waals surface area contributed by atoms with Crippen molar-refractivity contribution in [3.05, 3.63) is 69.7 Å². The summed E-state index contributed by atoms with van der Waals surface area (Å²) in [4.78, 5) is 29.7. The van der Waals surface area contributed by atoms with E-state index >= 15 is 0 Å². The Balaban J connectivity index is 1.51. The third kappa shape index (κ3) is 7.27. The van der Waals surface area contributed by atoms with Crippen LogP contribution in [-0.4, -0.2) is 65.9 Å². The molecule has 0 saturated carbocycles. The second-order valence-corrected chi connectivity index (χ2v) is 11.5. The fourth-order valence-electron chi connectivity index (χ4n) is 5.01. The van der Waals surface area contributed by atoms with Gasteiger partial charge in [-0.1, -0.05) is 41.9 Å². The zero-order chi connectivity index (χ0) is 29.2. The predicted octanol–water partition coefficient (Wildman–Crippen LogP) is 6.03. The summed E-state index contributed by atoms with van der Waals surface area (Å²) in [5.41, 5.74) is 0.373. The van der Waals surface area contributed by atoms with Gasteiger partial charge in [0.1, 0.15) is 5.60 Å². The van der Waals surface area contributed by atoms with Crippen molar-refractivity contribution in [2.45, 2.75) is 70.7 Å². The van der Waals surface area contributed by atoms with Crippen LogP contribution in [0.4, 0.5) is 18.0 Å². The van der Waals surface area contributed by atoms with Crippen molar-refractivity contribution in [2.75, 3.05) is 26.2 Å². The van der Waals surface area contributed by atoms with Crippen molar-refractivity contribution >= 4 is 23.6 Å². The number of hydrogen-bond acceptors (Lipinski definition) is 5. The second kappa shape index (κ2) is 12.0. The molecular weight excluding hydrogens is 549 g/mol. The highest BCUT2D eigenvalue weighted by Gasteiger charge is 2.41. The Bertz CT molecular complexity index is 1220. The number of rotatable bonds is 5. The minimum absolute atomic E-state index is 0.0280. The van der Waals surface area contributed by atoms with Crippen LogP contribution in [0.3, 0.4) is 0 Å². The smallest absolute Gasteiger partial charge is 0.416 e. The van der Waals surface area contributed by atoms with Gasteiger partial charge in [0.25, 0.3) is 5.91 Å². The van der Waals surface area contributed by atoms with Gasteiger partial charge >= 0.3 is 12.3 Å². The van der Waals surface area contributed by atoms with E-state index in [1.807, 2.05) is 30.3 Å². The van der Waals surface area contributed by atoms with Gasteiger partial charge < -0.3 is 24.0 Å². The van der Waals surface area contributed by atoms with E-state index in [1.54, 1.807) is 32.6 Å². The first-order chi connectivity index (χ1) is 18.7. The van der Waals surface area contributed by atoms with E-state index in [0.29, 0.717) is 17.7 Å². The number of fused-ring (bicyclic) bond motifs is 1. The minimum atomic E-state index is -4.52. The lowest BCUT2D eigenvalue weighted by molar-refractivity contribution is -0.164. The Morgan fingerprint density at radius 2 is 1.80 bits per heavy atom. The molecule has 0 aliphatic carbocycles. The fraction of sp³-hybridized carbons (Fsp3) is 0.517. The van der Waals surface area contributed by atoms with Gasteiger partial charge in [-0.25, -0.2) is 4.79 Å². The standard InChI is InChI=1S/C29H34ClF3N2O5/c1-18-25-20(12-21(13-23(25)30)29(31,32)33)10-11-35(18)26(36)24-15-34(27(37)40-28(2,3)4)14-22(39-24)17-38-16-19-8-6-5-7-9-19/h5-9,12-13,18,22,24H,10-11,14-17H2,1-4H3/t18-,22-,24+/m0/s1. The molecule has 11 heteroatoms. The summed E-state index contributed by atoms with van der Waals surface area (Å²) in [6.07, 6.45) is -6.48. The molecule has 1 saturated heterocycles. The lowest BCUT2D eigenvalue weighted by atomic mass is 9.91. The molecule has 40 heavy (non-hydrogen) atoms. The molecule has 0 radical (unpaired) electrons. The van der Waals surface area contributed by atoms with Crippen LogP contribution >= 0.6 is 11.6 Å². The van der Waals surface area contributed by atoms with Crippen LogP contribution in [0.2, 0.25) is 5.02 Å². The van der Waals surface area contributed by atoms with E-state index in [1.165, 1.54) is 4.90 Å². The number of carbonyl (C=O) groups is 2. The lowest BCUT2D eigenvalue weighted by Gasteiger charge is -2.42. The Morgan fingerprint density at radius 3 is 2.45 bits per heavy atom. The number of amides is 2. The summed E-state index contributed by atoms with van der Waals surface area (Å²) in [6.45, 7) is 7.82. The zero-order valence-corrected chi connectivity index (χ0v) is 23.7. The van der Waals surface area contributed by atoms with Crippen LogP contribution in [0.1, 0.15) is 56.0 Å². The van der Waals surface area contributed by atoms with E-state index in [9.17, 15) is 22.8 Å². The minimum Gasteiger partial charge on any atom is -0.444 e. The molecule has 0 aromatic heterocycles. The SMILES string of the molecule is C[C@H]1c2c(Cl)cc(C(F)(F)F)cc2CCN1C(=O)[C@H]1CN(C(=O)OC(C)(C)C)C[C@@H](COCc2ccccc2)O1. The summed E-state index contributed by atoms with van der Waals surface area (Å²) < 4.78 is 57.5. The summed E-state index contributed by atoms with van der Waals surface area (Å²) in [7, 11) is 0. The van der Waals surface area contributed by atoms with Gasteiger partial charge in [0.15, 0.2) is 6.10 Å². The average molecular weight is 583 g/mol. The largest absolute Gasteiger partial charge is 0.444 e. The van der Waals surface area contributed by atoms with Crippen molar-refractivity contribution in [2.24, 2.45) is 0 Å². The van der Waals surface area contributed by atoms with Crippen LogP contribution in [0.25, 0.3) is 0 Å². The first kappa shape index (κ1) is 30.1. The lowest BCUT2D eigenvalue weighted by Crippen LogP contribution is -2.58. The van der Waals surface area contributed by atoms with Crippen molar-refractivity contribution in [1.29, 1.82) is 0 Å². The van der Waals surface area contributed by atoms with Gasteiger partial charge in [-0.3, -0.25) is 4.79 Å². The van der Waals surface area contributed by atoms with Crippen molar-refractivity contribution < 1.29 is 37.0 Å². The zero-order valence-electron chi connectivity index (χ0n) is 23.0. The number of ether oxygens (including phenoxy) is 3. The third-order valence-electron chi connectivity index (χ3n) is 6.84. The number of nitrogens with zero attached hydrogens (tertiary/aromatic N) is 2. The van der Waals surface area contributed by atoms with Crippen molar-refractivity contribution in [3.8, 4) is 0 Å². The third-order valence-corrected chi connectivity index (χ3v) is 7.16. The Morgan fingerprint density at radius 1 is 1.10 bits per heavy atom. The van der Waals surface area contributed by atoms with E-state index in [-0.39, 0.29) is 43.6 Å². The van der Waals surface area contributed by atoms with Gasteiger partial charge in [0, 0.05) is 11.6 Å². The highest BCUT2D eigenvalue weighted by atomic mass is 35.5. The van der Waals surface area contributed by atoms with E-state index in [2.05, 4.69) is 0 Å². The van der Waals surface area contributed by atoms with Gasteiger partial charge in [0.2, 0.25) is 0 Å². The first-order valence-corrected chi connectivity index (χ1v) is 13.6. The fourth-order valence-corrected chi connectivity index (χ4v) is 5.41. The topological polar surface area (TPSA) is 68.3 Å². The molecule has 2 aromatic rings. The monoisotopic (exact) mass is 582 g/mol. The number of halogens is 4. The summed E-state index contributed by atoms with van der Waals surface area (Å²) in [5, 5.41) is -0.0399. The van der Waals surface area contributed by atoms with E-state index in [0.717, 1.165) is 17.7 Å². The van der Waals surface area contributed by atoms with Gasteiger partial charge in [0.05, 0.1) is 44.0 Å². The molecule has 0 N–H and O–H groups in total. The molecule has 2 aromatic carbocycles. The van der Waals surface area contributed by atoms with E-state index < -0.39 is 41.7 Å². The van der Waals surface area contributed by atoms with Crippen LogP contribution in [0.5, 0.6) is 0 Å². The molecule has 3 atom stereocenters. The van der Waals surface area contributed by atoms with Gasteiger partial charge in [-0.2, -0.15) is 13.2 Å². The Kier molecular flexibility index (Phi) is 9.02. The summed E-state index contributed by atoms with van der Waals surface area (Å²) in [5.74, 6) is -0.379. The number of morpholine rings is 1. The van der Waals surface area contributed by atoms with Gasteiger partial charge in [-0.15, -0.1) is 0 Å². The summed E-state index contributed by atoms with van der Waals surface area (Å²) >= 11 is 6.31. The Labute approximate surface area is 237 Å². The summed E-state index contributed by atoms with van der Waals surface area (Å²) in [6, 6.07) is 11.0. The number of benzene rings is 2. The van der Waals surface area contributed by atoms with Gasteiger partial charge in [-0.05, 0) is 62.9 Å². The maximum Gasteiger partial charge on any atom is 0.416 e. The molecule has 0 spiro atoms. The predicted molar refractivity (Wildman–Crippen MR) is 143 cm³/mol. The Hall–Kier alpha value is -2.82. The molecule has 2 aliphatic rings. The maximum absolute atomic E-state index is 13.8. The molecule has 2 amide bonds. The quantitative estimate of drug-likeness (QED) is 0.431. The van der Waals surface area contributed by atoms with Crippen LogP contribution in [-0.2, 0) is 38.2 Å². The number of alkyl halides is 3. The highest BCUT2D eigenvalue weighted by molar-refractivity contribution is 6.31. The van der Waals surface area contributed by atoms with Crippen molar-refractivity contribution in [1.82, 2.24) is 9.80 Å². The second-order valence-electron chi connectivity index (χ2n) is 11.1. The number of hydrogen-bond donors (Lipinski definition) is 0. The average Bonchev–Trinajstić information content (AvgIpc) is 2.87. The highest BCUT2D eigenvalue weighted by Crippen LogP contribution is 2.40. The molecular formula is C29H34ClF3N2O5. The molecule has 7 nitrogen and oxygen atoms in total. The molecule has 2 heterocycles. The molecule has 0 bridgehead atoms.